The van der Waals surface area contributed by atoms with Gasteiger partial charge < -0.3 is 14.2 Å². The van der Waals surface area contributed by atoms with E-state index in [1.165, 1.54) is 135 Å². The molecule has 0 amide bonds. The first-order valence-electron chi connectivity index (χ1n) is 28.9. The lowest BCUT2D eigenvalue weighted by molar-refractivity contribution is -0.167. The molecular weight excluding hydrogens is 841 g/mol. The van der Waals surface area contributed by atoms with Crippen LogP contribution in [0.5, 0.6) is 0 Å². The smallest absolute Gasteiger partial charge is 0.306 e. The molecule has 0 aromatic rings. The molecule has 1 unspecified atom stereocenters. The molecule has 0 aromatic carbocycles. The van der Waals surface area contributed by atoms with Gasteiger partial charge in [-0.1, -0.05) is 248 Å². The lowest BCUT2D eigenvalue weighted by Crippen LogP contribution is -2.30. The molecule has 0 aliphatic rings. The van der Waals surface area contributed by atoms with Gasteiger partial charge in [0.1, 0.15) is 13.2 Å². The summed E-state index contributed by atoms with van der Waals surface area (Å²) in [5.74, 6) is -0.890. The number of esters is 3. The van der Waals surface area contributed by atoms with E-state index >= 15 is 0 Å². The fraction of sp³-hybridized carbons (Fsp3) is 0.758. The van der Waals surface area contributed by atoms with Gasteiger partial charge in [0.2, 0.25) is 0 Å². The summed E-state index contributed by atoms with van der Waals surface area (Å²) >= 11 is 0. The summed E-state index contributed by atoms with van der Waals surface area (Å²) in [7, 11) is 0. The van der Waals surface area contributed by atoms with Gasteiger partial charge in [-0.25, -0.2) is 0 Å². The SMILES string of the molecule is CC/C=C\C/C=C\C/C=C\C/C=C\CCCCCCCCCCCCCCCCC(=O)OCC(COC(=O)CCCCCCCCCC)OC(=O)CCCCCCC/C=C\C/C=C\CCCCC. The number of carbonyl (C=O) groups excluding carboxylic acids is 3. The fourth-order valence-electron chi connectivity index (χ4n) is 8.11. The molecule has 0 N–H and O–H groups in total. The van der Waals surface area contributed by atoms with Crippen LogP contribution in [0.25, 0.3) is 0 Å². The van der Waals surface area contributed by atoms with Crippen molar-refractivity contribution in [1.29, 1.82) is 0 Å². The summed E-state index contributed by atoms with van der Waals surface area (Å²) in [5, 5.41) is 0. The maximum atomic E-state index is 12.8. The minimum absolute atomic E-state index is 0.0786. The van der Waals surface area contributed by atoms with Crippen molar-refractivity contribution >= 4 is 17.9 Å². The summed E-state index contributed by atoms with van der Waals surface area (Å²) in [6.45, 7) is 6.48. The summed E-state index contributed by atoms with van der Waals surface area (Å²) in [4.78, 5) is 38.0. The predicted molar refractivity (Wildman–Crippen MR) is 293 cm³/mol. The molecule has 0 rings (SSSR count). The van der Waals surface area contributed by atoms with E-state index in [4.69, 9.17) is 14.2 Å². The van der Waals surface area contributed by atoms with Gasteiger partial charge in [-0.15, -0.1) is 0 Å². The van der Waals surface area contributed by atoms with Gasteiger partial charge in [0.05, 0.1) is 0 Å². The van der Waals surface area contributed by atoms with E-state index in [1.54, 1.807) is 0 Å². The first-order valence-corrected chi connectivity index (χ1v) is 28.9. The Bertz CT molecular complexity index is 1270. The van der Waals surface area contributed by atoms with Crippen LogP contribution in [0.3, 0.4) is 0 Å². The highest BCUT2D eigenvalue weighted by Gasteiger charge is 2.19. The summed E-state index contributed by atoms with van der Waals surface area (Å²) < 4.78 is 16.8. The molecule has 0 saturated heterocycles. The standard InChI is InChI=1S/C62H108O6/c1-4-7-10-13-16-19-21-23-25-26-27-28-29-30-31-32-33-34-35-36-38-39-41-43-46-49-52-55-61(64)67-58-59(57-66-60(63)54-51-48-45-18-15-12-9-6-3)68-62(65)56-53-50-47-44-42-40-37-24-22-20-17-14-11-8-5-2/h7,10,16-17,19-20,23-25,27-28,37,59H,4-6,8-9,11-15,18,21-22,26,29-36,38-58H2,1-3H3/b10-7-,19-16-,20-17-,25-23-,28-27-,37-24-. The van der Waals surface area contributed by atoms with Crippen LogP contribution < -0.4 is 0 Å². The average molecular weight is 950 g/mol. The zero-order valence-corrected chi connectivity index (χ0v) is 44.9. The molecule has 392 valence electrons. The minimum atomic E-state index is -0.779. The van der Waals surface area contributed by atoms with Gasteiger partial charge in [-0.05, 0) is 89.9 Å². The monoisotopic (exact) mass is 949 g/mol. The first-order chi connectivity index (χ1) is 33.5. The Balaban J connectivity index is 4.15. The molecule has 0 bridgehead atoms. The highest BCUT2D eigenvalue weighted by atomic mass is 16.6. The van der Waals surface area contributed by atoms with Gasteiger partial charge >= 0.3 is 17.9 Å². The first kappa shape index (κ1) is 64.8. The lowest BCUT2D eigenvalue weighted by atomic mass is 10.0. The third-order valence-corrected chi connectivity index (χ3v) is 12.4. The van der Waals surface area contributed by atoms with E-state index in [2.05, 4.69) is 93.7 Å². The predicted octanol–water partition coefficient (Wildman–Crippen LogP) is 19.4. The Morgan fingerprint density at radius 2 is 0.574 bits per heavy atom. The molecule has 0 radical (unpaired) electrons. The number of unbranched alkanes of at least 4 members (excludes halogenated alkanes) is 29. The van der Waals surface area contributed by atoms with Gasteiger partial charge in [0, 0.05) is 19.3 Å². The van der Waals surface area contributed by atoms with Gasteiger partial charge in [0.15, 0.2) is 6.10 Å². The van der Waals surface area contributed by atoms with Gasteiger partial charge in [-0.3, -0.25) is 14.4 Å². The fourth-order valence-corrected chi connectivity index (χ4v) is 8.11. The van der Waals surface area contributed by atoms with E-state index in [1.807, 2.05) is 0 Å². The molecule has 1 atom stereocenters. The summed E-state index contributed by atoms with van der Waals surface area (Å²) in [5.41, 5.74) is 0. The normalized spacial score (nSPS) is 12.6. The third-order valence-electron chi connectivity index (χ3n) is 12.4. The molecule has 0 aliphatic carbocycles. The zero-order chi connectivity index (χ0) is 49.3. The molecule has 6 nitrogen and oxygen atoms in total. The Kier molecular flexibility index (Phi) is 53.8. The van der Waals surface area contributed by atoms with Crippen molar-refractivity contribution in [2.75, 3.05) is 13.2 Å². The van der Waals surface area contributed by atoms with E-state index in [0.29, 0.717) is 19.3 Å². The van der Waals surface area contributed by atoms with Crippen molar-refractivity contribution in [3.63, 3.8) is 0 Å². The second-order valence-electron chi connectivity index (χ2n) is 19.2. The van der Waals surface area contributed by atoms with E-state index in [-0.39, 0.29) is 31.1 Å². The van der Waals surface area contributed by atoms with Gasteiger partial charge in [0.25, 0.3) is 0 Å². The van der Waals surface area contributed by atoms with Crippen molar-refractivity contribution in [2.24, 2.45) is 0 Å². The quantitative estimate of drug-likeness (QED) is 0.0262. The second-order valence-corrected chi connectivity index (χ2v) is 19.2. The Morgan fingerprint density at radius 3 is 0.926 bits per heavy atom. The van der Waals surface area contributed by atoms with Crippen molar-refractivity contribution in [2.45, 2.75) is 290 Å². The Morgan fingerprint density at radius 1 is 0.309 bits per heavy atom. The number of ether oxygens (including phenoxy) is 3. The molecule has 0 aromatic heterocycles. The Hall–Kier alpha value is -3.15. The maximum Gasteiger partial charge on any atom is 0.306 e. The van der Waals surface area contributed by atoms with Crippen LogP contribution in [-0.2, 0) is 28.6 Å². The van der Waals surface area contributed by atoms with E-state index in [0.717, 1.165) is 109 Å². The number of hydrogen-bond donors (Lipinski definition) is 0. The number of hydrogen-bond acceptors (Lipinski definition) is 6. The number of rotatable bonds is 52. The van der Waals surface area contributed by atoms with Crippen LogP contribution >= 0.6 is 0 Å². The molecule has 0 heterocycles. The molecule has 6 heteroatoms. The molecule has 0 fully saturated rings. The van der Waals surface area contributed by atoms with Crippen LogP contribution in [0.1, 0.15) is 284 Å². The van der Waals surface area contributed by atoms with Crippen LogP contribution in [0.15, 0.2) is 72.9 Å². The molecule has 68 heavy (non-hydrogen) atoms. The average Bonchev–Trinajstić information content (AvgIpc) is 3.34. The summed E-state index contributed by atoms with van der Waals surface area (Å²) in [6.07, 6.45) is 72.0. The topological polar surface area (TPSA) is 78.9 Å². The lowest BCUT2D eigenvalue weighted by Gasteiger charge is -2.18. The van der Waals surface area contributed by atoms with Gasteiger partial charge in [-0.2, -0.15) is 0 Å². The highest BCUT2D eigenvalue weighted by Crippen LogP contribution is 2.16. The molecule has 0 aliphatic heterocycles. The molecule has 0 saturated carbocycles. The molecule has 0 spiro atoms. The largest absolute Gasteiger partial charge is 0.462 e. The van der Waals surface area contributed by atoms with Crippen LogP contribution in [0.4, 0.5) is 0 Å². The van der Waals surface area contributed by atoms with Crippen molar-refractivity contribution in [3.8, 4) is 0 Å². The van der Waals surface area contributed by atoms with Crippen LogP contribution in [0, 0.1) is 0 Å². The second kappa shape index (κ2) is 56.4. The highest BCUT2D eigenvalue weighted by molar-refractivity contribution is 5.71. The van der Waals surface area contributed by atoms with E-state index < -0.39 is 6.10 Å². The zero-order valence-electron chi connectivity index (χ0n) is 44.9. The number of allylic oxidation sites excluding steroid dienone is 12. The molecular formula is C62H108O6. The Labute approximate surface area is 421 Å². The van der Waals surface area contributed by atoms with Crippen LogP contribution in [-0.4, -0.2) is 37.2 Å². The van der Waals surface area contributed by atoms with Crippen LogP contribution in [0.2, 0.25) is 0 Å². The maximum absolute atomic E-state index is 12.8. The van der Waals surface area contributed by atoms with Crippen molar-refractivity contribution in [1.82, 2.24) is 0 Å². The van der Waals surface area contributed by atoms with Crippen molar-refractivity contribution in [3.05, 3.63) is 72.9 Å². The number of carbonyl (C=O) groups is 3. The van der Waals surface area contributed by atoms with Crippen molar-refractivity contribution < 1.29 is 28.6 Å². The minimum Gasteiger partial charge on any atom is -0.462 e. The third kappa shape index (κ3) is 53.8. The summed E-state index contributed by atoms with van der Waals surface area (Å²) in [6, 6.07) is 0. The van der Waals surface area contributed by atoms with E-state index in [9.17, 15) is 14.4 Å².